The zero-order chi connectivity index (χ0) is 15.4. The molecule has 106 valence electrons. The molecule has 2 aromatic heterocycles. The first kappa shape index (κ1) is 12.9. The average Bonchev–Trinajstić information content (AvgIpc) is 2.79. The molecule has 1 aromatic carbocycles. The maximum absolute atomic E-state index is 12.9. The zero-order valence-corrected chi connectivity index (χ0v) is 9.95. The number of nitrogens with zero attached hydrogens (tertiary/aromatic N) is 3. The summed E-state index contributed by atoms with van der Waals surface area (Å²) in [5.41, 5.74) is -4.08. The number of aromatic amines is 2. The number of rotatable bonds is 0. The summed E-state index contributed by atoms with van der Waals surface area (Å²) in [6, 6.07) is 2.92. The van der Waals surface area contributed by atoms with Gasteiger partial charge in [0.25, 0.3) is 5.56 Å². The highest BCUT2D eigenvalue weighted by molar-refractivity contribution is 5.80. The predicted octanol–water partition coefficient (Wildman–Crippen LogP) is 0.755. The van der Waals surface area contributed by atoms with Crippen LogP contribution in [0.15, 0.2) is 21.7 Å². The largest absolute Gasteiger partial charge is 0.417 e. The Balaban J connectivity index is 2.60. The van der Waals surface area contributed by atoms with Gasteiger partial charge in [0, 0.05) is 0 Å². The second-order valence-electron chi connectivity index (χ2n) is 4.17. The minimum atomic E-state index is -4.77. The third-order valence-electron chi connectivity index (χ3n) is 2.93. The lowest BCUT2D eigenvalue weighted by Crippen LogP contribution is -2.18. The molecule has 0 atom stereocenters. The molecule has 0 amide bonds. The number of aromatic nitrogens is 4. The number of halogens is 3. The minimum absolute atomic E-state index is 0.0689. The third-order valence-corrected chi connectivity index (χ3v) is 2.93. The molecule has 7 nitrogen and oxygen atoms in total. The van der Waals surface area contributed by atoms with Crippen LogP contribution in [0, 0.1) is 11.3 Å². The van der Waals surface area contributed by atoms with E-state index in [0.29, 0.717) is 6.07 Å². The molecule has 0 aliphatic rings. The lowest BCUT2D eigenvalue weighted by molar-refractivity contribution is -0.137. The van der Waals surface area contributed by atoms with Crippen molar-refractivity contribution in [1.82, 2.24) is 19.6 Å². The van der Waals surface area contributed by atoms with Gasteiger partial charge in [0.05, 0.1) is 28.2 Å². The third kappa shape index (κ3) is 1.78. The van der Waals surface area contributed by atoms with Gasteiger partial charge in [-0.05, 0) is 12.1 Å². The molecule has 2 heterocycles. The molecule has 10 heteroatoms. The van der Waals surface area contributed by atoms with E-state index in [1.807, 2.05) is 5.10 Å². The van der Waals surface area contributed by atoms with Crippen LogP contribution in [-0.2, 0) is 6.18 Å². The smallest absolute Gasteiger partial charge is 0.317 e. The molecule has 0 aliphatic carbocycles. The highest BCUT2D eigenvalue weighted by Crippen LogP contribution is 2.33. The second-order valence-corrected chi connectivity index (χ2v) is 4.17. The monoisotopic (exact) mass is 295 g/mol. The topological polar surface area (TPSA) is 107 Å². The van der Waals surface area contributed by atoms with Crippen molar-refractivity contribution in [2.45, 2.75) is 6.18 Å². The van der Waals surface area contributed by atoms with E-state index in [-0.39, 0.29) is 16.7 Å². The first-order valence-electron chi connectivity index (χ1n) is 5.47. The molecular weight excluding hydrogens is 291 g/mol. The van der Waals surface area contributed by atoms with Crippen LogP contribution in [0.1, 0.15) is 11.1 Å². The Morgan fingerprint density at radius 1 is 1.29 bits per heavy atom. The van der Waals surface area contributed by atoms with Crippen LogP contribution < -0.4 is 11.2 Å². The Bertz CT molecular complexity index is 1030. The summed E-state index contributed by atoms with van der Waals surface area (Å²) >= 11 is 0. The van der Waals surface area contributed by atoms with Gasteiger partial charge >= 0.3 is 11.9 Å². The molecule has 0 bridgehead atoms. The van der Waals surface area contributed by atoms with Crippen LogP contribution in [0.4, 0.5) is 13.2 Å². The highest BCUT2D eigenvalue weighted by Gasteiger charge is 2.34. The summed E-state index contributed by atoms with van der Waals surface area (Å²) in [5.74, 6) is 0. The van der Waals surface area contributed by atoms with Crippen LogP contribution >= 0.6 is 0 Å². The van der Waals surface area contributed by atoms with Gasteiger partial charge < -0.3 is 4.98 Å². The fourth-order valence-corrected chi connectivity index (χ4v) is 2.05. The van der Waals surface area contributed by atoms with Crippen molar-refractivity contribution in [2.24, 2.45) is 0 Å². The number of fused-ring (bicyclic) bond motifs is 3. The molecule has 0 unspecified atom stereocenters. The molecule has 0 spiro atoms. The van der Waals surface area contributed by atoms with E-state index in [1.165, 1.54) is 6.07 Å². The van der Waals surface area contributed by atoms with Gasteiger partial charge in [0.1, 0.15) is 0 Å². The maximum atomic E-state index is 12.9. The highest BCUT2D eigenvalue weighted by atomic mass is 19.4. The van der Waals surface area contributed by atoms with Gasteiger partial charge in [-0.1, -0.05) is 0 Å². The molecule has 21 heavy (non-hydrogen) atoms. The minimum Gasteiger partial charge on any atom is -0.317 e. The number of alkyl halides is 3. The normalized spacial score (nSPS) is 11.9. The van der Waals surface area contributed by atoms with Gasteiger partial charge in [-0.25, -0.2) is 14.3 Å². The number of H-pyrrole nitrogens is 2. The molecule has 0 saturated heterocycles. The Morgan fingerprint density at radius 3 is 2.62 bits per heavy atom. The molecular formula is C11H4F3N5O2. The number of nitrogens with one attached hydrogen (secondary N) is 2. The summed E-state index contributed by atoms with van der Waals surface area (Å²) in [4.78, 5) is 25.6. The van der Waals surface area contributed by atoms with Crippen LogP contribution in [-0.4, -0.2) is 19.6 Å². The van der Waals surface area contributed by atoms with Crippen LogP contribution in [0.5, 0.6) is 0 Å². The van der Waals surface area contributed by atoms with Crippen molar-refractivity contribution in [3.05, 3.63) is 44.1 Å². The molecule has 2 N–H and O–H groups in total. The van der Waals surface area contributed by atoms with Crippen LogP contribution in [0.3, 0.4) is 0 Å². The van der Waals surface area contributed by atoms with E-state index in [4.69, 9.17) is 5.26 Å². The molecule has 3 aromatic rings. The fraction of sp³-hybridized carbons (Fsp3) is 0.0909. The van der Waals surface area contributed by atoms with Gasteiger partial charge in [0.2, 0.25) is 5.65 Å². The first-order valence-corrected chi connectivity index (χ1v) is 5.47. The van der Waals surface area contributed by atoms with Gasteiger partial charge in [-0.3, -0.25) is 4.79 Å². The first-order chi connectivity index (χ1) is 9.82. The van der Waals surface area contributed by atoms with Crippen molar-refractivity contribution in [3.8, 4) is 6.07 Å². The van der Waals surface area contributed by atoms with Gasteiger partial charge in [-0.2, -0.15) is 18.4 Å². The zero-order valence-electron chi connectivity index (χ0n) is 9.95. The molecule has 0 radical (unpaired) electrons. The van der Waals surface area contributed by atoms with Crippen molar-refractivity contribution in [1.29, 1.82) is 5.26 Å². The SMILES string of the molecule is N#Cc1cc2[nH]c(=O)c3n[nH]c(=O)n3c2cc1C(F)(F)F. The van der Waals surface area contributed by atoms with E-state index in [1.54, 1.807) is 0 Å². The van der Waals surface area contributed by atoms with Crippen LogP contribution in [0.2, 0.25) is 0 Å². The van der Waals surface area contributed by atoms with Gasteiger partial charge in [0.15, 0.2) is 0 Å². The van der Waals surface area contributed by atoms with Gasteiger partial charge in [-0.15, -0.1) is 5.10 Å². The summed E-state index contributed by atoms with van der Waals surface area (Å²) in [6.07, 6.45) is -4.77. The van der Waals surface area contributed by atoms with Crippen LogP contribution in [0.25, 0.3) is 16.7 Å². The number of nitriles is 1. The summed E-state index contributed by atoms with van der Waals surface area (Å²) in [7, 11) is 0. The van der Waals surface area contributed by atoms with Crippen molar-refractivity contribution < 1.29 is 13.2 Å². The van der Waals surface area contributed by atoms with Crippen molar-refractivity contribution >= 4 is 16.7 Å². The lowest BCUT2D eigenvalue weighted by Gasteiger charge is -2.10. The standard InChI is InChI=1S/C11H4F3N5O2/c12-11(13,14)5-2-7-6(1-4(5)3-15)16-9(20)8-17-18-10(21)19(7)8/h1-2H,(H,16,20)(H,18,21). The summed E-state index contributed by atoms with van der Waals surface area (Å²) < 4.78 is 39.5. The fourth-order valence-electron chi connectivity index (χ4n) is 2.05. The quantitative estimate of drug-likeness (QED) is 0.638. The van der Waals surface area contributed by atoms with E-state index < -0.39 is 28.6 Å². The average molecular weight is 295 g/mol. The Morgan fingerprint density at radius 2 is 2.00 bits per heavy atom. The molecule has 0 fully saturated rings. The van der Waals surface area contributed by atoms with E-state index in [2.05, 4.69) is 10.1 Å². The molecule has 0 saturated carbocycles. The summed E-state index contributed by atoms with van der Waals surface area (Å²) in [6.45, 7) is 0. The predicted molar refractivity (Wildman–Crippen MR) is 63.7 cm³/mol. The Hall–Kier alpha value is -3.09. The maximum Gasteiger partial charge on any atom is 0.417 e. The Labute approximate surface area is 112 Å². The lowest BCUT2D eigenvalue weighted by atomic mass is 10.1. The van der Waals surface area contributed by atoms with E-state index >= 15 is 0 Å². The summed E-state index contributed by atoms with van der Waals surface area (Å²) in [5, 5.41) is 14.2. The Kier molecular flexibility index (Phi) is 2.43. The van der Waals surface area contributed by atoms with Crippen molar-refractivity contribution in [2.75, 3.05) is 0 Å². The number of benzene rings is 1. The second kappa shape index (κ2) is 3.95. The van der Waals surface area contributed by atoms with E-state index in [0.717, 1.165) is 10.5 Å². The number of hydrogen-bond acceptors (Lipinski definition) is 4. The van der Waals surface area contributed by atoms with E-state index in [9.17, 15) is 22.8 Å². The molecule has 3 rings (SSSR count). The molecule has 0 aliphatic heterocycles. The van der Waals surface area contributed by atoms with Crippen molar-refractivity contribution in [3.63, 3.8) is 0 Å². The number of hydrogen-bond donors (Lipinski definition) is 2.